The van der Waals surface area contributed by atoms with Crippen LogP contribution in [-0.4, -0.2) is 89.0 Å². The van der Waals surface area contributed by atoms with E-state index in [0.717, 1.165) is 52.2 Å². The maximum absolute atomic E-state index is 14.2. The third-order valence-electron chi connectivity index (χ3n) is 11.8. The van der Waals surface area contributed by atoms with E-state index in [1.807, 2.05) is 78.6 Å². The number of likely N-dealkylation sites (N-methyl/N-ethyl adjacent to an activating group) is 1. The van der Waals surface area contributed by atoms with E-state index in [4.69, 9.17) is 17.3 Å². The lowest BCUT2D eigenvalue weighted by atomic mass is 9.83. The Hall–Kier alpha value is -4.22. The molecule has 1 aliphatic heterocycles. The molecule has 342 valence electrons. The minimum atomic E-state index is -6.00. The van der Waals surface area contributed by atoms with Gasteiger partial charge in [0.1, 0.15) is 5.75 Å². The number of anilines is 1. The lowest BCUT2D eigenvalue weighted by Gasteiger charge is -2.36. The molecule has 0 amide bonds. The van der Waals surface area contributed by atoms with Gasteiger partial charge in [-0.15, -0.1) is 11.8 Å². The maximum atomic E-state index is 14.2. The molecule has 0 saturated carbocycles. The first-order valence-electron chi connectivity index (χ1n) is 21.2. The summed E-state index contributed by atoms with van der Waals surface area (Å²) in [6.07, 6.45) is 2.01. The van der Waals surface area contributed by atoms with Gasteiger partial charge in [0.25, 0.3) is 9.84 Å². The van der Waals surface area contributed by atoms with Crippen LogP contribution in [0.15, 0.2) is 136 Å². The third kappa shape index (κ3) is 12.4. The number of aliphatic hydroxyl groups is 1. The number of hydrogen-bond donors (Lipinski definition) is 2. The van der Waals surface area contributed by atoms with Crippen molar-refractivity contribution in [1.29, 1.82) is 0 Å². The van der Waals surface area contributed by atoms with E-state index in [-0.39, 0.29) is 42.0 Å². The van der Waals surface area contributed by atoms with Crippen LogP contribution in [0.5, 0.6) is 0 Å². The SMILES string of the molecule is CCN(CCO)CC[C@H](CSc1ccccc1)Cc1ccc(S(=O)(=O)CC(=O)c2ccc(N3CCC([C@@H](N)c4ccccc4-c4ccc(Cl)cc4)CC3)cc2)cc1S(=O)(=O)C(F)(F)F. The largest absolute Gasteiger partial charge is 0.501 e. The molecule has 2 atom stereocenters. The minimum Gasteiger partial charge on any atom is -0.395 e. The molecule has 0 aromatic heterocycles. The fraction of sp³-hybridized carbons (Fsp3) is 0.354. The number of piperidine rings is 1. The molecule has 1 aliphatic rings. The molecule has 5 aromatic carbocycles. The number of aliphatic hydroxyl groups excluding tert-OH is 1. The molecule has 5 aromatic rings. The molecular formula is C48H53ClF3N3O6S3. The van der Waals surface area contributed by atoms with Crippen LogP contribution in [0.2, 0.25) is 5.02 Å². The third-order valence-corrected chi connectivity index (χ3v) is 16.5. The summed E-state index contributed by atoms with van der Waals surface area (Å²) in [6, 6.07) is 34.2. The van der Waals surface area contributed by atoms with Crippen LogP contribution in [0.1, 0.15) is 53.7 Å². The Morgan fingerprint density at radius 3 is 2.19 bits per heavy atom. The molecule has 3 N–H and O–H groups in total. The van der Waals surface area contributed by atoms with Gasteiger partial charge in [-0.2, -0.15) is 13.2 Å². The number of ketones is 1. The van der Waals surface area contributed by atoms with Crippen LogP contribution in [0.4, 0.5) is 18.9 Å². The van der Waals surface area contributed by atoms with Crippen LogP contribution in [-0.2, 0) is 26.1 Å². The number of Topliss-reactive ketones (excluding diaryl/α,β-unsaturated/α-hetero) is 1. The van der Waals surface area contributed by atoms with Crippen molar-refractivity contribution in [2.45, 2.75) is 58.8 Å². The summed E-state index contributed by atoms with van der Waals surface area (Å²) in [4.78, 5) is 16.7. The Labute approximate surface area is 383 Å². The van der Waals surface area contributed by atoms with Gasteiger partial charge in [-0.05, 0) is 134 Å². The van der Waals surface area contributed by atoms with Gasteiger partial charge in [-0.25, -0.2) is 16.8 Å². The standard InChI is InChI=1S/C48H53ClF3N3O6S3/c1-2-54(28-29-56)25-22-34(32-62-41-8-4-3-5-9-41)30-38-16-21-42(31-46(38)64(60,61)48(50,51)52)63(58,59)33-45(57)36-14-19-40(20-15-36)55-26-23-37(24-27-55)47(53)44-11-7-6-10-43(44)35-12-17-39(49)18-13-35/h3-21,31,34,37,47,56H,2,22-30,32-33,53H2,1H3/t34-,47+/m0/s1. The van der Waals surface area contributed by atoms with E-state index < -0.39 is 46.5 Å². The molecule has 0 unspecified atom stereocenters. The smallest absolute Gasteiger partial charge is 0.395 e. The van der Waals surface area contributed by atoms with E-state index in [0.29, 0.717) is 56.0 Å². The molecule has 1 saturated heterocycles. The molecular weight excluding hydrogens is 903 g/mol. The summed E-state index contributed by atoms with van der Waals surface area (Å²) in [6.45, 7) is 4.78. The number of benzene rings is 5. The van der Waals surface area contributed by atoms with E-state index in [9.17, 15) is 39.9 Å². The average Bonchev–Trinajstić information content (AvgIpc) is 3.29. The number of nitrogens with zero attached hydrogens (tertiary/aromatic N) is 2. The summed E-state index contributed by atoms with van der Waals surface area (Å²) in [5.41, 5.74) is 5.08. The Kier molecular flexibility index (Phi) is 16.8. The van der Waals surface area contributed by atoms with Crippen molar-refractivity contribution >= 4 is 54.5 Å². The maximum Gasteiger partial charge on any atom is 0.501 e. The van der Waals surface area contributed by atoms with Crippen LogP contribution in [0, 0.1) is 11.8 Å². The zero-order chi connectivity index (χ0) is 46.1. The fourth-order valence-corrected chi connectivity index (χ4v) is 11.7. The second-order valence-electron chi connectivity index (χ2n) is 16.0. The van der Waals surface area contributed by atoms with E-state index in [1.54, 1.807) is 12.1 Å². The number of carbonyl (C=O) groups excluding carboxylic acids is 1. The molecule has 1 heterocycles. The van der Waals surface area contributed by atoms with E-state index in [1.165, 1.54) is 23.9 Å². The van der Waals surface area contributed by atoms with Gasteiger partial charge in [0.15, 0.2) is 15.6 Å². The number of rotatable bonds is 20. The zero-order valence-electron chi connectivity index (χ0n) is 35.5. The molecule has 9 nitrogen and oxygen atoms in total. The van der Waals surface area contributed by atoms with Crippen molar-refractivity contribution < 1.29 is 39.9 Å². The highest BCUT2D eigenvalue weighted by Crippen LogP contribution is 2.38. The van der Waals surface area contributed by atoms with Gasteiger partial charge in [-0.3, -0.25) is 4.79 Å². The number of alkyl halides is 3. The second kappa shape index (κ2) is 21.8. The zero-order valence-corrected chi connectivity index (χ0v) is 38.7. The van der Waals surface area contributed by atoms with Crippen LogP contribution in [0.25, 0.3) is 11.1 Å². The van der Waals surface area contributed by atoms with Gasteiger partial charge < -0.3 is 20.6 Å². The van der Waals surface area contributed by atoms with E-state index in [2.05, 4.69) is 17.0 Å². The Bertz CT molecular complexity index is 2560. The first-order valence-corrected chi connectivity index (χ1v) is 25.7. The van der Waals surface area contributed by atoms with Gasteiger partial charge in [-0.1, -0.05) is 79.2 Å². The lowest BCUT2D eigenvalue weighted by Crippen LogP contribution is -2.37. The van der Waals surface area contributed by atoms with Gasteiger partial charge in [0.2, 0.25) is 0 Å². The van der Waals surface area contributed by atoms with Gasteiger partial charge in [0.05, 0.1) is 16.4 Å². The number of sulfone groups is 2. The fourth-order valence-electron chi connectivity index (χ4n) is 8.14. The predicted octanol–water partition coefficient (Wildman–Crippen LogP) is 9.53. The number of halogens is 4. The Morgan fingerprint density at radius 1 is 0.891 bits per heavy atom. The minimum absolute atomic E-state index is 0.0751. The first kappa shape index (κ1) is 49.2. The summed E-state index contributed by atoms with van der Waals surface area (Å²) in [7, 11) is -10.6. The van der Waals surface area contributed by atoms with Crippen molar-refractivity contribution in [3.63, 3.8) is 0 Å². The number of thioether (sulfide) groups is 1. The van der Waals surface area contributed by atoms with Crippen molar-refractivity contribution in [1.82, 2.24) is 4.90 Å². The molecule has 6 rings (SSSR count). The summed E-state index contributed by atoms with van der Waals surface area (Å²) in [5.74, 6) is -1.54. The number of carbonyl (C=O) groups is 1. The lowest BCUT2D eigenvalue weighted by molar-refractivity contribution is -0.0436. The topological polar surface area (TPSA) is 138 Å². The molecule has 1 fully saturated rings. The average molecular weight is 957 g/mol. The van der Waals surface area contributed by atoms with Crippen molar-refractivity contribution in [2.75, 3.05) is 55.7 Å². The number of hydrogen-bond acceptors (Lipinski definition) is 10. The predicted molar refractivity (Wildman–Crippen MR) is 249 cm³/mol. The molecule has 64 heavy (non-hydrogen) atoms. The monoisotopic (exact) mass is 955 g/mol. The van der Waals surface area contributed by atoms with Crippen LogP contribution < -0.4 is 10.6 Å². The second-order valence-corrected chi connectivity index (χ2v) is 21.5. The molecule has 0 radical (unpaired) electrons. The quantitative estimate of drug-likeness (QED) is 0.0573. The number of nitrogens with two attached hydrogens (primary N) is 1. The van der Waals surface area contributed by atoms with Gasteiger partial charge >= 0.3 is 5.51 Å². The molecule has 0 bridgehead atoms. The summed E-state index contributed by atoms with van der Waals surface area (Å²) < 4.78 is 96.1. The van der Waals surface area contributed by atoms with Crippen molar-refractivity contribution in [3.8, 4) is 11.1 Å². The Morgan fingerprint density at radius 2 is 1.55 bits per heavy atom. The van der Waals surface area contributed by atoms with E-state index >= 15 is 0 Å². The van der Waals surface area contributed by atoms with Crippen LogP contribution in [0.3, 0.4) is 0 Å². The van der Waals surface area contributed by atoms with Crippen molar-refractivity contribution in [3.05, 3.63) is 143 Å². The highest BCUT2D eigenvalue weighted by Gasteiger charge is 2.48. The first-order chi connectivity index (χ1) is 30.5. The normalized spacial score (nSPS) is 15.0. The molecule has 0 spiro atoms. The molecule has 16 heteroatoms. The van der Waals surface area contributed by atoms with Crippen molar-refractivity contribution in [2.24, 2.45) is 17.6 Å². The highest BCUT2D eigenvalue weighted by molar-refractivity contribution is 7.99. The molecule has 0 aliphatic carbocycles. The summed E-state index contributed by atoms with van der Waals surface area (Å²) in [5, 5.41) is 10.1. The Balaban J connectivity index is 1.14. The summed E-state index contributed by atoms with van der Waals surface area (Å²) >= 11 is 7.60. The van der Waals surface area contributed by atoms with Gasteiger partial charge in [0, 0.05) is 52.6 Å². The highest BCUT2D eigenvalue weighted by atomic mass is 35.5. The van der Waals surface area contributed by atoms with Crippen LogP contribution >= 0.6 is 23.4 Å².